The van der Waals surface area contributed by atoms with Gasteiger partial charge in [0.2, 0.25) is 0 Å². The highest BCUT2D eigenvalue weighted by Gasteiger charge is 2.01. The second-order valence-corrected chi connectivity index (χ2v) is 5.85. The Morgan fingerprint density at radius 2 is 1.61 bits per heavy atom. The van der Waals surface area contributed by atoms with Gasteiger partial charge < -0.3 is 15.4 Å². The Hall–Kier alpha value is -2.16. The van der Waals surface area contributed by atoms with Crippen LogP contribution in [-0.4, -0.2) is 19.7 Å². The Morgan fingerprint density at radius 1 is 0.913 bits per heavy atom. The fourth-order valence-electron chi connectivity index (χ4n) is 2.52. The summed E-state index contributed by atoms with van der Waals surface area (Å²) >= 11 is 0. The molecule has 0 bridgehead atoms. The van der Waals surface area contributed by atoms with Gasteiger partial charge in [-0.1, -0.05) is 37.6 Å². The molecule has 0 spiro atoms. The van der Waals surface area contributed by atoms with E-state index in [2.05, 4.69) is 61.7 Å². The molecule has 0 atom stereocenters. The number of hydrogen-bond acceptors (Lipinski definition) is 3. The molecule has 2 aromatic carbocycles. The molecule has 0 fully saturated rings. The Balaban J connectivity index is 1.79. The molecule has 23 heavy (non-hydrogen) atoms. The molecule has 2 N–H and O–H groups in total. The maximum Gasteiger partial charge on any atom is 0.121 e. The zero-order chi connectivity index (χ0) is 16.5. The van der Waals surface area contributed by atoms with Crippen molar-refractivity contribution < 1.29 is 4.74 Å². The molecule has 2 aromatic rings. The van der Waals surface area contributed by atoms with E-state index >= 15 is 0 Å². The number of benzene rings is 2. The highest BCUT2D eigenvalue weighted by atomic mass is 16.5. The van der Waals surface area contributed by atoms with Crippen LogP contribution in [0.25, 0.3) is 0 Å². The normalized spacial score (nSPS) is 10.4. The summed E-state index contributed by atoms with van der Waals surface area (Å²) in [6.45, 7) is 8.98. The highest BCUT2D eigenvalue weighted by Crippen LogP contribution is 2.19. The van der Waals surface area contributed by atoms with Crippen molar-refractivity contribution in [3.63, 3.8) is 0 Å². The van der Waals surface area contributed by atoms with Gasteiger partial charge in [-0.3, -0.25) is 0 Å². The van der Waals surface area contributed by atoms with Crippen LogP contribution in [0.15, 0.2) is 42.5 Å². The molecule has 0 heterocycles. The van der Waals surface area contributed by atoms with Crippen molar-refractivity contribution in [2.24, 2.45) is 0 Å². The summed E-state index contributed by atoms with van der Waals surface area (Å²) in [6.07, 6.45) is 2.25. The summed E-state index contributed by atoms with van der Waals surface area (Å²) in [5, 5.41) is 6.96. The number of ether oxygens (including phenoxy) is 1. The zero-order valence-electron chi connectivity index (χ0n) is 14.5. The summed E-state index contributed by atoms with van der Waals surface area (Å²) in [7, 11) is 0. The van der Waals surface area contributed by atoms with Crippen molar-refractivity contribution in [2.45, 2.75) is 33.6 Å². The lowest BCUT2D eigenvalue weighted by atomic mass is 10.1. The van der Waals surface area contributed by atoms with E-state index in [1.165, 1.54) is 16.8 Å². The maximum atomic E-state index is 5.74. The minimum absolute atomic E-state index is 0.786. The lowest BCUT2D eigenvalue weighted by Gasteiger charge is -2.14. The fourth-order valence-corrected chi connectivity index (χ4v) is 2.52. The first-order valence-electron chi connectivity index (χ1n) is 8.47. The molecule has 0 aromatic heterocycles. The SMILES string of the molecule is CCCCOc1cccc(NCCNc2c(C)cccc2C)c1. The number of rotatable bonds is 9. The highest BCUT2D eigenvalue weighted by molar-refractivity contribution is 5.56. The molecule has 0 saturated carbocycles. The van der Waals surface area contributed by atoms with Gasteiger partial charge >= 0.3 is 0 Å². The molecule has 3 heteroatoms. The second-order valence-electron chi connectivity index (χ2n) is 5.85. The van der Waals surface area contributed by atoms with Gasteiger partial charge in [-0.05, 0) is 43.5 Å². The van der Waals surface area contributed by atoms with Crippen molar-refractivity contribution in [3.8, 4) is 5.75 Å². The standard InChI is InChI=1S/C20H28N2O/c1-4-5-14-23-19-11-7-10-18(15-19)21-12-13-22-20-16(2)8-6-9-17(20)3/h6-11,15,21-22H,4-5,12-14H2,1-3H3. The monoisotopic (exact) mass is 312 g/mol. The predicted molar refractivity (Wildman–Crippen MR) is 99.7 cm³/mol. The molecule has 2 rings (SSSR count). The van der Waals surface area contributed by atoms with Crippen molar-refractivity contribution in [1.29, 1.82) is 0 Å². The zero-order valence-corrected chi connectivity index (χ0v) is 14.5. The smallest absolute Gasteiger partial charge is 0.121 e. The summed E-state index contributed by atoms with van der Waals surface area (Å²) in [5.41, 5.74) is 4.92. The second kappa shape index (κ2) is 9.09. The van der Waals surface area contributed by atoms with Crippen LogP contribution in [0.1, 0.15) is 30.9 Å². The minimum Gasteiger partial charge on any atom is -0.494 e. The topological polar surface area (TPSA) is 33.3 Å². The van der Waals surface area contributed by atoms with E-state index in [1.807, 2.05) is 12.1 Å². The van der Waals surface area contributed by atoms with Gasteiger partial charge in [-0.15, -0.1) is 0 Å². The molecule has 0 amide bonds. The van der Waals surface area contributed by atoms with Crippen LogP contribution in [0.5, 0.6) is 5.75 Å². The number of para-hydroxylation sites is 1. The van der Waals surface area contributed by atoms with Gasteiger partial charge in [0, 0.05) is 30.5 Å². The van der Waals surface area contributed by atoms with Gasteiger partial charge in [0.15, 0.2) is 0 Å². The average molecular weight is 312 g/mol. The van der Waals surface area contributed by atoms with Gasteiger partial charge in [0.05, 0.1) is 6.61 Å². The molecular formula is C20H28N2O. The Kier molecular flexibility index (Phi) is 6.79. The molecule has 0 saturated heterocycles. The molecule has 124 valence electrons. The van der Waals surface area contributed by atoms with Gasteiger partial charge in [0.25, 0.3) is 0 Å². The molecule has 3 nitrogen and oxygen atoms in total. The van der Waals surface area contributed by atoms with E-state index in [1.54, 1.807) is 0 Å². The molecular weight excluding hydrogens is 284 g/mol. The molecule has 0 unspecified atom stereocenters. The third kappa shape index (κ3) is 5.51. The van der Waals surface area contributed by atoms with Gasteiger partial charge in [-0.2, -0.15) is 0 Å². The van der Waals surface area contributed by atoms with Crippen molar-refractivity contribution in [1.82, 2.24) is 0 Å². The average Bonchev–Trinajstić information content (AvgIpc) is 2.54. The van der Waals surface area contributed by atoms with Crippen LogP contribution >= 0.6 is 0 Å². The number of hydrogen-bond donors (Lipinski definition) is 2. The number of nitrogens with one attached hydrogen (secondary N) is 2. The Morgan fingerprint density at radius 3 is 2.35 bits per heavy atom. The summed E-state index contributed by atoms with van der Waals surface area (Å²) in [6, 6.07) is 14.6. The van der Waals surface area contributed by atoms with Crippen LogP contribution < -0.4 is 15.4 Å². The van der Waals surface area contributed by atoms with Crippen LogP contribution in [0.2, 0.25) is 0 Å². The lowest BCUT2D eigenvalue weighted by molar-refractivity contribution is 0.309. The van der Waals surface area contributed by atoms with E-state index in [-0.39, 0.29) is 0 Å². The van der Waals surface area contributed by atoms with Crippen LogP contribution in [0, 0.1) is 13.8 Å². The first-order valence-corrected chi connectivity index (χ1v) is 8.47. The minimum atomic E-state index is 0.786. The molecule has 0 radical (unpaired) electrons. The lowest BCUT2D eigenvalue weighted by Crippen LogP contribution is -2.14. The van der Waals surface area contributed by atoms with E-state index in [0.29, 0.717) is 0 Å². The van der Waals surface area contributed by atoms with Gasteiger partial charge in [-0.25, -0.2) is 0 Å². The van der Waals surface area contributed by atoms with Crippen molar-refractivity contribution in [2.75, 3.05) is 30.3 Å². The first kappa shape index (κ1) is 17.2. The largest absolute Gasteiger partial charge is 0.494 e. The molecule has 0 aliphatic carbocycles. The van der Waals surface area contributed by atoms with Crippen LogP contribution in [0.3, 0.4) is 0 Å². The molecule has 0 aliphatic heterocycles. The van der Waals surface area contributed by atoms with Crippen LogP contribution in [0.4, 0.5) is 11.4 Å². The van der Waals surface area contributed by atoms with Crippen molar-refractivity contribution >= 4 is 11.4 Å². The summed E-state index contributed by atoms with van der Waals surface area (Å²) in [4.78, 5) is 0. The van der Waals surface area contributed by atoms with E-state index in [4.69, 9.17) is 4.74 Å². The summed E-state index contributed by atoms with van der Waals surface area (Å²) < 4.78 is 5.74. The predicted octanol–water partition coefficient (Wildman–Crippen LogP) is 5.01. The first-order chi connectivity index (χ1) is 11.2. The number of anilines is 2. The third-order valence-corrected chi connectivity index (χ3v) is 3.84. The van der Waals surface area contributed by atoms with Crippen molar-refractivity contribution in [3.05, 3.63) is 53.6 Å². The van der Waals surface area contributed by atoms with E-state index in [9.17, 15) is 0 Å². The quantitative estimate of drug-likeness (QED) is 0.639. The van der Waals surface area contributed by atoms with E-state index in [0.717, 1.165) is 44.0 Å². The maximum absolute atomic E-state index is 5.74. The Labute approximate surface area is 140 Å². The Bertz CT molecular complexity index is 590. The van der Waals surface area contributed by atoms with Gasteiger partial charge in [0.1, 0.15) is 5.75 Å². The summed E-state index contributed by atoms with van der Waals surface area (Å²) in [5.74, 6) is 0.936. The number of unbranched alkanes of at least 4 members (excludes halogenated alkanes) is 1. The molecule has 0 aliphatic rings. The fraction of sp³-hybridized carbons (Fsp3) is 0.400. The third-order valence-electron chi connectivity index (χ3n) is 3.84. The van der Waals surface area contributed by atoms with E-state index < -0.39 is 0 Å². The number of aryl methyl sites for hydroxylation is 2. The van der Waals surface area contributed by atoms with Crippen LogP contribution in [-0.2, 0) is 0 Å².